The highest BCUT2D eigenvalue weighted by atomic mass is 32.2. The lowest BCUT2D eigenvalue weighted by molar-refractivity contribution is -0.142. The number of sulfonamides is 1. The van der Waals surface area contributed by atoms with Crippen LogP contribution in [0.4, 0.5) is 9.59 Å². The van der Waals surface area contributed by atoms with Crippen LogP contribution in [0.2, 0.25) is 0 Å². The highest BCUT2D eigenvalue weighted by Crippen LogP contribution is 2.26. The topological polar surface area (TPSA) is 187 Å². The van der Waals surface area contributed by atoms with E-state index in [1.54, 1.807) is 46.8 Å². The molecule has 0 bridgehead atoms. The fourth-order valence-electron chi connectivity index (χ4n) is 4.12. The van der Waals surface area contributed by atoms with E-state index in [2.05, 4.69) is 25.4 Å². The Morgan fingerprint density at radius 3 is 2.15 bits per heavy atom. The number of carbonyl (C=O) groups is 4. The van der Waals surface area contributed by atoms with Crippen LogP contribution in [0, 0.1) is 13.8 Å². The minimum Gasteiger partial charge on any atom is -0.494 e. The summed E-state index contributed by atoms with van der Waals surface area (Å²) in [6.45, 7) is 8.48. The Bertz CT molecular complexity index is 1420. The zero-order valence-electron chi connectivity index (χ0n) is 27.1. The van der Waals surface area contributed by atoms with Gasteiger partial charge in [-0.05, 0) is 69.9 Å². The third-order valence-corrected chi connectivity index (χ3v) is 7.83. The molecule has 0 aliphatic rings. The van der Waals surface area contributed by atoms with E-state index in [1.807, 2.05) is 30.3 Å². The van der Waals surface area contributed by atoms with E-state index in [4.69, 9.17) is 14.2 Å². The average molecular weight is 665 g/mol. The molecular weight excluding hydrogens is 620 g/mol. The summed E-state index contributed by atoms with van der Waals surface area (Å²) < 4.78 is 49.4. The zero-order chi connectivity index (χ0) is 34.3. The Labute approximate surface area is 269 Å². The number of methoxy groups -OCH3 is 1. The number of ether oxygens (including phenoxy) is 4. The molecule has 15 heteroatoms. The number of amides is 3. The van der Waals surface area contributed by atoms with Gasteiger partial charge in [-0.1, -0.05) is 30.3 Å². The predicted octanol–water partition coefficient (Wildman–Crippen LogP) is 2.85. The molecule has 0 heterocycles. The van der Waals surface area contributed by atoms with Crippen LogP contribution >= 0.6 is 0 Å². The predicted molar refractivity (Wildman–Crippen MR) is 169 cm³/mol. The molecule has 1 atom stereocenters. The third kappa shape index (κ3) is 13.7. The lowest BCUT2D eigenvalue weighted by Gasteiger charge is -2.23. The first kappa shape index (κ1) is 37.8. The first-order chi connectivity index (χ1) is 21.6. The lowest BCUT2D eigenvalue weighted by atomic mass is 10.1. The van der Waals surface area contributed by atoms with Crippen LogP contribution in [0.5, 0.6) is 5.75 Å². The maximum Gasteiger partial charge on any atom is 0.408 e. The van der Waals surface area contributed by atoms with Crippen molar-refractivity contribution in [3.63, 3.8) is 0 Å². The van der Waals surface area contributed by atoms with Crippen LogP contribution < -0.4 is 25.4 Å². The average Bonchev–Trinajstić information content (AvgIpc) is 2.97. The summed E-state index contributed by atoms with van der Waals surface area (Å²) in [5.74, 6) is -0.642. The molecule has 2 aromatic carbocycles. The monoisotopic (exact) mass is 664 g/mol. The highest BCUT2D eigenvalue weighted by molar-refractivity contribution is 7.89. The maximum absolute atomic E-state index is 13.2. The number of nitrogens with one attached hydrogen (secondary N) is 4. The molecule has 0 saturated carbocycles. The summed E-state index contributed by atoms with van der Waals surface area (Å²) in [7, 11) is -2.99. The maximum atomic E-state index is 13.2. The van der Waals surface area contributed by atoms with Gasteiger partial charge in [-0.15, -0.1) is 0 Å². The fourth-order valence-corrected chi connectivity index (χ4v) is 5.62. The standard InChI is InChI=1S/C31H44N4O10S/c1-21-17-24(43-16-10-13-26(36)32-14-15-33-29(38)44-20-23-11-8-7-9-12-23)18-22(2)27(21)46(40,41)34-19-25(28(37)42-6)35-30(39)45-31(3,4)5/h7-9,11-12,17-18,25,34H,10,13-16,19-20H2,1-6H3,(H,32,36)(H,33,38)(H,35,39). The third-order valence-electron chi connectivity index (χ3n) is 6.10. The second-order valence-corrected chi connectivity index (χ2v) is 13.0. The summed E-state index contributed by atoms with van der Waals surface area (Å²) in [6, 6.07) is 11.1. The molecule has 3 amide bonds. The molecule has 46 heavy (non-hydrogen) atoms. The van der Waals surface area contributed by atoms with Crippen molar-refractivity contribution >= 4 is 34.1 Å². The Morgan fingerprint density at radius 2 is 1.54 bits per heavy atom. The summed E-state index contributed by atoms with van der Waals surface area (Å²) in [6.07, 6.45) is -0.891. The molecule has 0 radical (unpaired) electrons. The summed E-state index contributed by atoms with van der Waals surface area (Å²) in [5, 5.41) is 7.59. The highest BCUT2D eigenvalue weighted by Gasteiger charge is 2.28. The Morgan fingerprint density at radius 1 is 0.913 bits per heavy atom. The van der Waals surface area contributed by atoms with E-state index in [-0.39, 0.29) is 43.5 Å². The second-order valence-electron chi connectivity index (χ2n) is 11.3. The number of alkyl carbamates (subject to hydrolysis) is 2. The molecule has 2 aromatic rings. The molecule has 0 saturated heterocycles. The normalized spacial score (nSPS) is 12.0. The van der Waals surface area contributed by atoms with Crippen molar-refractivity contribution in [2.75, 3.05) is 33.4 Å². The Kier molecular flexibility index (Phi) is 14.8. The number of esters is 1. The zero-order valence-corrected chi connectivity index (χ0v) is 27.9. The Balaban J connectivity index is 1.79. The van der Waals surface area contributed by atoms with Gasteiger partial charge < -0.3 is 34.9 Å². The van der Waals surface area contributed by atoms with Gasteiger partial charge >= 0.3 is 18.2 Å². The molecule has 14 nitrogen and oxygen atoms in total. The van der Waals surface area contributed by atoms with Crippen molar-refractivity contribution in [2.45, 2.75) is 70.6 Å². The van der Waals surface area contributed by atoms with Gasteiger partial charge in [0.05, 0.1) is 18.6 Å². The van der Waals surface area contributed by atoms with Crippen LogP contribution in [0.1, 0.15) is 50.3 Å². The van der Waals surface area contributed by atoms with Crippen LogP contribution in [-0.2, 0) is 40.4 Å². The van der Waals surface area contributed by atoms with Crippen molar-refractivity contribution in [3.8, 4) is 5.75 Å². The molecule has 0 aliphatic heterocycles. The molecule has 0 spiro atoms. The number of hydrogen-bond donors (Lipinski definition) is 4. The van der Waals surface area contributed by atoms with Crippen LogP contribution in [-0.4, -0.2) is 77.5 Å². The molecule has 0 aliphatic carbocycles. The van der Waals surface area contributed by atoms with Crippen molar-refractivity contribution in [1.29, 1.82) is 0 Å². The number of hydrogen-bond acceptors (Lipinski definition) is 10. The summed E-state index contributed by atoms with van der Waals surface area (Å²) in [4.78, 5) is 48.2. The number of rotatable bonds is 16. The number of benzene rings is 2. The number of aryl methyl sites for hydroxylation is 2. The first-order valence-electron chi connectivity index (χ1n) is 14.6. The van der Waals surface area contributed by atoms with Crippen molar-refractivity contribution in [2.24, 2.45) is 0 Å². The molecular formula is C31H44N4O10S. The minimum atomic E-state index is -4.11. The Hall–Kier alpha value is -4.37. The van der Waals surface area contributed by atoms with Gasteiger partial charge in [0.25, 0.3) is 0 Å². The molecule has 4 N–H and O–H groups in total. The van der Waals surface area contributed by atoms with Gasteiger partial charge in [-0.3, -0.25) is 4.79 Å². The van der Waals surface area contributed by atoms with Crippen LogP contribution in [0.15, 0.2) is 47.4 Å². The molecule has 2 rings (SSSR count). The van der Waals surface area contributed by atoms with Crippen molar-refractivity contribution in [3.05, 3.63) is 59.2 Å². The summed E-state index contributed by atoms with van der Waals surface area (Å²) in [5.41, 5.74) is 0.830. The minimum absolute atomic E-state index is 0.00216. The largest absolute Gasteiger partial charge is 0.494 e. The van der Waals surface area contributed by atoms with E-state index < -0.39 is 46.4 Å². The molecule has 1 unspecified atom stereocenters. The first-order valence-corrected chi connectivity index (χ1v) is 16.1. The molecule has 0 fully saturated rings. The molecule has 254 valence electrons. The second kappa shape index (κ2) is 17.9. The van der Waals surface area contributed by atoms with Crippen molar-refractivity contribution < 1.29 is 46.5 Å². The van der Waals surface area contributed by atoms with E-state index >= 15 is 0 Å². The summed E-state index contributed by atoms with van der Waals surface area (Å²) >= 11 is 0. The number of carbonyl (C=O) groups excluding carboxylic acids is 4. The van der Waals surface area contributed by atoms with E-state index in [1.165, 1.54) is 0 Å². The van der Waals surface area contributed by atoms with E-state index in [0.29, 0.717) is 23.3 Å². The van der Waals surface area contributed by atoms with Gasteiger partial charge in [-0.25, -0.2) is 27.5 Å². The quantitative estimate of drug-likeness (QED) is 0.118. The van der Waals surface area contributed by atoms with Crippen LogP contribution in [0.25, 0.3) is 0 Å². The fraction of sp³-hybridized carbons (Fsp3) is 0.484. The van der Waals surface area contributed by atoms with E-state index in [9.17, 15) is 27.6 Å². The van der Waals surface area contributed by atoms with Gasteiger partial charge in [-0.2, -0.15) is 0 Å². The van der Waals surface area contributed by atoms with E-state index in [0.717, 1.165) is 12.7 Å². The molecule has 0 aromatic heterocycles. The van der Waals surface area contributed by atoms with Gasteiger partial charge in [0.1, 0.15) is 24.0 Å². The SMILES string of the molecule is COC(=O)C(CNS(=O)(=O)c1c(C)cc(OCCCC(=O)NCCNC(=O)OCc2ccccc2)cc1C)NC(=O)OC(C)(C)C. The van der Waals surface area contributed by atoms with Crippen LogP contribution in [0.3, 0.4) is 0 Å². The smallest absolute Gasteiger partial charge is 0.408 e. The van der Waals surface area contributed by atoms with Gasteiger partial charge in [0.2, 0.25) is 15.9 Å². The van der Waals surface area contributed by atoms with Gasteiger partial charge in [0, 0.05) is 26.1 Å². The van der Waals surface area contributed by atoms with Crippen molar-refractivity contribution in [1.82, 2.24) is 20.7 Å². The van der Waals surface area contributed by atoms with Gasteiger partial charge in [0.15, 0.2) is 0 Å². The lowest BCUT2D eigenvalue weighted by Crippen LogP contribution is -2.50.